The summed E-state index contributed by atoms with van der Waals surface area (Å²) < 4.78 is 0. The van der Waals surface area contributed by atoms with Crippen LogP contribution in [-0.4, -0.2) is 34.2 Å². The normalized spacial score (nSPS) is 13.9. The van der Waals surface area contributed by atoms with E-state index in [0.29, 0.717) is 21.5 Å². The number of aliphatic carboxylic acids is 1. The Bertz CT molecular complexity index is 782. The summed E-state index contributed by atoms with van der Waals surface area (Å²) in [4.78, 5) is 40.1. The monoisotopic (exact) mass is 269 g/mol. The number of hydrogen-bond acceptors (Lipinski definition) is 5. The van der Waals surface area contributed by atoms with Crippen LogP contribution in [0.4, 0.5) is 0 Å². The van der Waals surface area contributed by atoms with Crippen LogP contribution < -0.4 is 5.11 Å². The second-order valence-electron chi connectivity index (χ2n) is 4.53. The van der Waals surface area contributed by atoms with Crippen LogP contribution >= 0.6 is 0 Å². The number of carbonyl (C=O) groups is 3. The first-order valence-electron chi connectivity index (χ1n) is 5.96. The minimum absolute atomic E-state index is 0.176. The average Bonchev–Trinajstić information content (AvgIpc) is 2.64. The third-order valence-electron chi connectivity index (χ3n) is 3.28. The molecular formula is C14H9N2O4-. The number of carboxylic acids is 1. The Morgan fingerprint density at radius 3 is 2.55 bits per heavy atom. The van der Waals surface area contributed by atoms with Crippen molar-refractivity contribution in [3.63, 3.8) is 0 Å². The minimum atomic E-state index is -1.48. The lowest BCUT2D eigenvalue weighted by molar-refractivity contribution is -0.305. The van der Waals surface area contributed by atoms with Crippen molar-refractivity contribution < 1.29 is 19.5 Å². The molecular weight excluding hydrogens is 260 g/mol. The molecule has 0 atom stereocenters. The molecule has 1 aromatic heterocycles. The number of fused-ring (bicyclic) bond motifs is 3. The third kappa shape index (κ3) is 1.58. The summed E-state index contributed by atoms with van der Waals surface area (Å²) in [6, 6.07) is 6.94. The molecule has 1 aromatic carbocycles. The Morgan fingerprint density at radius 1 is 1.20 bits per heavy atom. The van der Waals surface area contributed by atoms with Gasteiger partial charge in [0.05, 0.1) is 34.9 Å². The van der Waals surface area contributed by atoms with E-state index in [-0.39, 0.29) is 11.1 Å². The van der Waals surface area contributed by atoms with E-state index in [2.05, 4.69) is 4.98 Å². The summed E-state index contributed by atoms with van der Waals surface area (Å²) in [5, 5.41) is 11.2. The fraction of sp³-hybridized carbons (Fsp3) is 0.143. The molecule has 0 radical (unpaired) electrons. The predicted octanol–water partition coefficient (Wildman–Crippen LogP) is -0.111. The summed E-state index contributed by atoms with van der Waals surface area (Å²) in [5.74, 6) is -2.73. The molecule has 3 rings (SSSR count). The van der Waals surface area contributed by atoms with Crippen LogP contribution in [0.2, 0.25) is 0 Å². The highest BCUT2D eigenvalue weighted by molar-refractivity contribution is 6.27. The summed E-state index contributed by atoms with van der Waals surface area (Å²) in [6.45, 7) is 0.874. The molecule has 6 heteroatoms. The molecule has 2 aromatic rings. The number of carbonyl (C=O) groups excluding carboxylic acids is 3. The predicted molar refractivity (Wildman–Crippen MR) is 66.9 cm³/mol. The largest absolute Gasteiger partial charge is 0.548 e. The maximum atomic E-state index is 12.3. The van der Waals surface area contributed by atoms with Crippen molar-refractivity contribution in [1.29, 1.82) is 0 Å². The quantitative estimate of drug-likeness (QED) is 0.709. The zero-order valence-corrected chi connectivity index (χ0v) is 10.5. The minimum Gasteiger partial charge on any atom is -0.548 e. The molecule has 1 aliphatic heterocycles. The molecule has 1 aliphatic rings. The van der Waals surface area contributed by atoms with Gasteiger partial charge in [-0.25, -0.2) is 0 Å². The SMILES string of the molecule is Cc1nc2ccccc2c2c1C(=O)N(CC(=O)[O-])C2=O. The first-order valence-corrected chi connectivity index (χ1v) is 5.96. The number of pyridine rings is 1. The highest BCUT2D eigenvalue weighted by atomic mass is 16.4. The second kappa shape index (κ2) is 4.12. The fourth-order valence-electron chi connectivity index (χ4n) is 2.45. The topological polar surface area (TPSA) is 90.4 Å². The number of aromatic nitrogens is 1. The van der Waals surface area contributed by atoms with Crippen molar-refractivity contribution in [2.75, 3.05) is 6.54 Å². The van der Waals surface area contributed by atoms with E-state index in [0.717, 1.165) is 0 Å². The lowest BCUT2D eigenvalue weighted by Crippen LogP contribution is -2.41. The summed E-state index contributed by atoms with van der Waals surface area (Å²) >= 11 is 0. The number of benzene rings is 1. The summed E-state index contributed by atoms with van der Waals surface area (Å²) in [5.41, 5.74) is 1.41. The van der Waals surface area contributed by atoms with E-state index >= 15 is 0 Å². The summed E-state index contributed by atoms with van der Waals surface area (Å²) in [7, 11) is 0. The smallest absolute Gasteiger partial charge is 0.263 e. The number of para-hydroxylation sites is 1. The van der Waals surface area contributed by atoms with Gasteiger partial charge in [-0.3, -0.25) is 19.5 Å². The molecule has 20 heavy (non-hydrogen) atoms. The van der Waals surface area contributed by atoms with Gasteiger partial charge in [0.1, 0.15) is 0 Å². The Hall–Kier alpha value is -2.76. The third-order valence-corrected chi connectivity index (χ3v) is 3.28. The molecule has 2 heterocycles. The number of hydrogen-bond donors (Lipinski definition) is 0. The van der Waals surface area contributed by atoms with Crippen LogP contribution in [0.25, 0.3) is 10.9 Å². The van der Waals surface area contributed by atoms with Gasteiger partial charge in [-0.15, -0.1) is 0 Å². The van der Waals surface area contributed by atoms with Crippen LogP contribution in [0, 0.1) is 6.92 Å². The maximum Gasteiger partial charge on any atom is 0.263 e. The standard InChI is InChI=1S/C14H10N2O4/c1-7-11-12(8-4-2-3-5-9(8)15-7)14(20)16(13(11)19)6-10(17)18/h2-5H,6H2,1H3,(H,17,18)/p-1. The van der Waals surface area contributed by atoms with Crippen LogP contribution in [0.5, 0.6) is 0 Å². The van der Waals surface area contributed by atoms with Crippen molar-refractivity contribution in [2.45, 2.75) is 6.92 Å². The van der Waals surface area contributed by atoms with Gasteiger partial charge in [0.2, 0.25) is 0 Å². The Balaban J connectivity index is 2.29. The van der Waals surface area contributed by atoms with Crippen molar-refractivity contribution in [3.8, 4) is 0 Å². The van der Waals surface area contributed by atoms with Gasteiger partial charge in [-0.1, -0.05) is 18.2 Å². The second-order valence-corrected chi connectivity index (χ2v) is 4.53. The zero-order chi connectivity index (χ0) is 14.4. The van der Waals surface area contributed by atoms with Crippen LogP contribution in [-0.2, 0) is 4.79 Å². The number of carboxylic acid groups (broad SMARTS) is 1. The van der Waals surface area contributed by atoms with E-state index in [4.69, 9.17) is 0 Å². The van der Waals surface area contributed by atoms with Crippen LogP contribution in [0.15, 0.2) is 24.3 Å². The molecule has 0 spiro atoms. The molecule has 6 nitrogen and oxygen atoms in total. The first-order chi connectivity index (χ1) is 9.50. The zero-order valence-electron chi connectivity index (χ0n) is 10.5. The van der Waals surface area contributed by atoms with Gasteiger partial charge in [0.25, 0.3) is 11.8 Å². The van der Waals surface area contributed by atoms with Crippen LogP contribution in [0.3, 0.4) is 0 Å². The highest BCUT2D eigenvalue weighted by Gasteiger charge is 2.38. The van der Waals surface area contributed by atoms with Crippen LogP contribution in [0.1, 0.15) is 26.4 Å². The van der Waals surface area contributed by atoms with Crippen molar-refractivity contribution in [1.82, 2.24) is 9.88 Å². The first kappa shape index (κ1) is 12.3. The summed E-state index contributed by atoms with van der Waals surface area (Å²) in [6.07, 6.45) is 0. The average molecular weight is 269 g/mol. The van der Waals surface area contributed by atoms with Gasteiger partial charge in [0, 0.05) is 5.39 Å². The van der Waals surface area contributed by atoms with Gasteiger partial charge in [-0.2, -0.15) is 0 Å². The van der Waals surface area contributed by atoms with Crippen molar-refractivity contribution in [3.05, 3.63) is 41.1 Å². The number of nitrogens with zero attached hydrogens (tertiary/aromatic N) is 2. The van der Waals surface area contributed by atoms with E-state index in [1.807, 2.05) is 0 Å². The van der Waals surface area contributed by atoms with E-state index < -0.39 is 24.3 Å². The molecule has 2 amide bonds. The molecule has 0 saturated carbocycles. The number of amides is 2. The molecule has 0 fully saturated rings. The maximum absolute atomic E-state index is 12.3. The van der Waals surface area contributed by atoms with Gasteiger partial charge in [-0.05, 0) is 13.0 Å². The Morgan fingerprint density at radius 2 is 1.85 bits per heavy atom. The molecule has 100 valence electrons. The fourth-order valence-corrected chi connectivity index (χ4v) is 2.45. The molecule has 0 bridgehead atoms. The molecule has 0 saturated heterocycles. The van der Waals surface area contributed by atoms with Gasteiger partial charge < -0.3 is 9.90 Å². The van der Waals surface area contributed by atoms with E-state index in [1.165, 1.54) is 0 Å². The number of rotatable bonds is 2. The van der Waals surface area contributed by atoms with Gasteiger partial charge in [0.15, 0.2) is 0 Å². The lowest BCUT2D eigenvalue weighted by Gasteiger charge is -2.13. The van der Waals surface area contributed by atoms with E-state index in [1.54, 1.807) is 31.2 Å². The molecule has 0 unspecified atom stereocenters. The molecule has 0 aliphatic carbocycles. The lowest BCUT2D eigenvalue weighted by atomic mass is 10.0. The Kier molecular flexibility index (Phi) is 2.53. The van der Waals surface area contributed by atoms with Gasteiger partial charge >= 0.3 is 0 Å². The number of aryl methyl sites for hydroxylation is 1. The Labute approximate surface area is 113 Å². The molecule has 0 N–H and O–H groups in total. The van der Waals surface area contributed by atoms with E-state index in [9.17, 15) is 19.5 Å². The highest BCUT2D eigenvalue weighted by Crippen LogP contribution is 2.30. The van der Waals surface area contributed by atoms with Crippen molar-refractivity contribution >= 4 is 28.7 Å². The number of imide groups is 1. The van der Waals surface area contributed by atoms with Crippen molar-refractivity contribution in [2.24, 2.45) is 0 Å².